The summed E-state index contributed by atoms with van der Waals surface area (Å²) in [5, 5.41) is 2.46. The third-order valence-electron chi connectivity index (χ3n) is 2.25. The quantitative estimate of drug-likeness (QED) is 0.612. The number of halogens is 5. The first-order valence-corrected chi connectivity index (χ1v) is 5.69. The predicted molar refractivity (Wildman–Crippen MR) is 60.4 cm³/mol. The van der Waals surface area contributed by atoms with Gasteiger partial charge in [0.1, 0.15) is 5.75 Å². The molecule has 0 unspecified atom stereocenters. The molecule has 0 heterocycles. The standard InChI is InChI=1S/C12H14F5NO/c13-11(14)8-18-6-3-7-19-10-5-2-1-4-9(10)12(15,16)17/h1-2,4-5,11,18H,3,6-8H2. The fourth-order valence-corrected chi connectivity index (χ4v) is 1.42. The molecule has 0 bridgehead atoms. The number of rotatable bonds is 7. The number of para-hydroxylation sites is 1. The average Bonchev–Trinajstić information content (AvgIpc) is 2.32. The van der Waals surface area contributed by atoms with Gasteiger partial charge in [-0.2, -0.15) is 13.2 Å². The van der Waals surface area contributed by atoms with Crippen LogP contribution in [-0.4, -0.2) is 26.1 Å². The number of ether oxygens (including phenoxy) is 1. The first-order chi connectivity index (χ1) is 8.91. The van der Waals surface area contributed by atoms with Crippen molar-refractivity contribution in [1.82, 2.24) is 5.32 Å². The summed E-state index contributed by atoms with van der Waals surface area (Å²) in [4.78, 5) is 0. The normalized spacial score (nSPS) is 11.9. The summed E-state index contributed by atoms with van der Waals surface area (Å²) in [6.07, 6.45) is -6.56. The molecule has 0 aliphatic rings. The van der Waals surface area contributed by atoms with Gasteiger partial charge in [-0.1, -0.05) is 12.1 Å². The Hall–Kier alpha value is -1.37. The van der Waals surface area contributed by atoms with Crippen LogP contribution in [0, 0.1) is 0 Å². The van der Waals surface area contributed by atoms with Gasteiger partial charge >= 0.3 is 6.18 Å². The summed E-state index contributed by atoms with van der Waals surface area (Å²) in [6.45, 7) is -0.138. The van der Waals surface area contributed by atoms with Gasteiger partial charge in [-0.15, -0.1) is 0 Å². The van der Waals surface area contributed by atoms with E-state index in [-0.39, 0.29) is 18.9 Å². The molecule has 0 radical (unpaired) electrons. The monoisotopic (exact) mass is 283 g/mol. The molecule has 0 amide bonds. The molecule has 0 saturated heterocycles. The third kappa shape index (κ3) is 5.87. The summed E-state index contributed by atoms with van der Waals surface area (Å²) >= 11 is 0. The van der Waals surface area contributed by atoms with Crippen LogP contribution in [0.25, 0.3) is 0 Å². The molecule has 1 aromatic rings. The maximum atomic E-state index is 12.6. The fourth-order valence-electron chi connectivity index (χ4n) is 1.42. The molecule has 0 saturated carbocycles. The lowest BCUT2D eigenvalue weighted by molar-refractivity contribution is -0.138. The average molecular weight is 283 g/mol. The highest BCUT2D eigenvalue weighted by Gasteiger charge is 2.33. The molecular weight excluding hydrogens is 269 g/mol. The van der Waals surface area contributed by atoms with Crippen LogP contribution in [0.4, 0.5) is 22.0 Å². The molecule has 0 aliphatic heterocycles. The van der Waals surface area contributed by atoms with Crippen LogP contribution in [0.15, 0.2) is 24.3 Å². The van der Waals surface area contributed by atoms with Crippen molar-refractivity contribution in [3.63, 3.8) is 0 Å². The van der Waals surface area contributed by atoms with Gasteiger partial charge in [-0.25, -0.2) is 8.78 Å². The van der Waals surface area contributed by atoms with Crippen molar-refractivity contribution in [2.24, 2.45) is 0 Å². The SMILES string of the molecule is FC(F)CNCCCOc1ccccc1C(F)(F)F. The van der Waals surface area contributed by atoms with E-state index in [0.717, 1.165) is 6.07 Å². The zero-order valence-electron chi connectivity index (χ0n) is 10.0. The first-order valence-electron chi connectivity index (χ1n) is 5.69. The second kappa shape index (κ2) is 7.28. The number of nitrogens with one attached hydrogen (secondary N) is 1. The Kier molecular flexibility index (Phi) is 6.01. The van der Waals surface area contributed by atoms with Crippen molar-refractivity contribution >= 4 is 0 Å². The molecule has 1 rings (SSSR count). The smallest absolute Gasteiger partial charge is 0.419 e. The Morgan fingerprint density at radius 3 is 2.47 bits per heavy atom. The molecule has 2 nitrogen and oxygen atoms in total. The lowest BCUT2D eigenvalue weighted by Crippen LogP contribution is -2.23. The Morgan fingerprint density at radius 2 is 1.84 bits per heavy atom. The van der Waals surface area contributed by atoms with Gasteiger partial charge in [-0.3, -0.25) is 0 Å². The summed E-state index contributed by atoms with van der Waals surface area (Å²) in [5.74, 6) is -0.246. The molecule has 1 N–H and O–H groups in total. The van der Waals surface area contributed by atoms with E-state index < -0.39 is 24.7 Å². The van der Waals surface area contributed by atoms with Gasteiger partial charge in [0.15, 0.2) is 0 Å². The van der Waals surface area contributed by atoms with E-state index in [4.69, 9.17) is 4.74 Å². The third-order valence-corrected chi connectivity index (χ3v) is 2.25. The Balaban J connectivity index is 2.37. The zero-order chi connectivity index (χ0) is 14.3. The Morgan fingerprint density at radius 1 is 1.16 bits per heavy atom. The van der Waals surface area contributed by atoms with Gasteiger partial charge < -0.3 is 10.1 Å². The minimum atomic E-state index is -4.47. The molecule has 0 fully saturated rings. The van der Waals surface area contributed by atoms with Crippen molar-refractivity contribution in [2.45, 2.75) is 19.0 Å². The predicted octanol–water partition coefficient (Wildman–Crippen LogP) is 3.33. The number of alkyl halides is 5. The second-order valence-electron chi connectivity index (χ2n) is 3.79. The van der Waals surface area contributed by atoms with E-state index in [1.165, 1.54) is 18.2 Å². The highest BCUT2D eigenvalue weighted by atomic mass is 19.4. The molecule has 1 aromatic carbocycles. The zero-order valence-corrected chi connectivity index (χ0v) is 10.0. The van der Waals surface area contributed by atoms with Crippen LogP contribution in [0.3, 0.4) is 0 Å². The highest BCUT2D eigenvalue weighted by Crippen LogP contribution is 2.35. The van der Waals surface area contributed by atoms with Crippen LogP contribution in [0.5, 0.6) is 5.75 Å². The van der Waals surface area contributed by atoms with E-state index in [1.807, 2.05) is 0 Å². The van der Waals surface area contributed by atoms with Crippen LogP contribution < -0.4 is 10.1 Å². The molecular formula is C12H14F5NO. The van der Waals surface area contributed by atoms with Crippen molar-refractivity contribution in [3.05, 3.63) is 29.8 Å². The van der Waals surface area contributed by atoms with Gasteiger partial charge in [0.05, 0.1) is 18.7 Å². The van der Waals surface area contributed by atoms with Crippen LogP contribution >= 0.6 is 0 Å². The minimum Gasteiger partial charge on any atom is -0.493 e. The molecule has 0 atom stereocenters. The van der Waals surface area contributed by atoms with Crippen molar-refractivity contribution < 1.29 is 26.7 Å². The Labute approximate surface area is 107 Å². The van der Waals surface area contributed by atoms with E-state index in [9.17, 15) is 22.0 Å². The molecule has 0 aromatic heterocycles. The van der Waals surface area contributed by atoms with Gasteiger partial charge in [0.2, 0.25) is 0 Å². The molecule has 7 heteroatoms. The van der Waals surface area contributed by atoms with Crippen molar-refractivity contribution in [1.29, 1.82) is 0 Å². The Bertz CT molecular complexity index is 381. The van der Waals surface area contributed by atoms with Crippen molar-refractivity contribution in [3.8, 4) is 5.75 Å². The van der Waals surface area contributed by atoms with Crippen LogP contribution in [-0.2, 0) is 6.18 Å². The first kappa shape index (κ1) is 15.7. The van der Waals surface area contributed by atoms with Gasteiger partial charge in [-0.05, 0) is 25.1 Å². The summed E-state index contributed by atoms with van der Waals surface area (Å²) < 4.78 is 66.3. The van der Waals surface area contributed by atoms with Gasteiger partial charge in [0.25, 0.3) is 6.43 Å². The van der Waals surface area contributed by atoms with Crippen molar-refractivity contribution in [2.75, 3.05) is 19.7 Å². The van der Waals surface area contributed by atoms with E-state index in [2.05, 4.69) is 5.32 Å². The molecule has 19 heavy (non-hydrogen) atoms. The molecule has 108 valence electrons. The fraction of sp³-hybridized carbons (Fsp3) is 0.500. The lowest BCUT2D eigenvalue weighted by atomic mass is 10.2. The lowest BCUT2D eigenvalue weighted by Gasteiger charge is -2.13. The summed E-state index contributed by atoms with van der Waals surface area (Å²) in [7, 11) is 0. The highest BCUT2D eigenvalue weighted by molar-refractivity contribution is 5.35. The molecule has 0 aliphatic carbocycles. The number of benzene rings is 1. The minimum absolute atomic E-state index is 0.0311. The maximum absolute atomic E-state index is 12.6. The maximum Gasteiger partial charge on any atom is 0.419 e. The summed E-state index contributed by atoms with van der Waals surface area (Å²) in [6, 6.07) is 4.89. The van der Waals surface area contributed by atoms with E-state index >= 15 is 0 Å². The topological polar surface area (TPSA) is 21.3 Å². The van der Waals surface area contributed by atoms with E-state index in [1.54, 1.807) is 0 Å². The second-order valence-corrected chi connectivity index (χ2v) is 3.79. The van der Waals surface area contributed by atoms with E-state index in [0.29, 0.717) is 6.42 Å². The van der Waals surface area contributed by atoms with Gasteiger partial charge in [0, 0.05) is 0 Å². The van der Waals surface area contributed by atoms with Crippen LogP contribution in [0.2, 0.25) is 0 Å². The summed E-state index contributed by atoms with van der Waals surface area (Å²) in [5.41, 5.74) is -0.837. The largest absolute Gasteiger partial charge is 0.493 e. The van der Waals surface area contributed by atoms with Crippen LogP contribution in [0.1, 0.15) is 12.0 Å². The molecule has 0 spiro atoms. The number of hydrogen-bond donors (Lipinski definition) is 1. The number of hydrogen-bond acceptors (Lipinski definition) is 2.